The van der Waals surface area contributed by atoms with Gasteiger partial charge in [-0.15, -0.1) is 0 Å². The van der Waals surface area contributed by atoms with Crippen LogP contribution in [0.25, 0.3) is 11.0 Å². The standard InChI is InChI=1S/C26H28N4O3S/c1-18-8-3-4-9-20(18)28-25(31)16-32-14-7-15-33-24-12-13-27-23(19(24)2)17-34-26-29-21-10-5-6-11-22(21)30-26/h3-6,8-13H,7,14-17H2,1-2H3,(H,28,31)(H,29,30). The molecule has 0 unspecified atom stereocenters. The third-order valence-electron chi connectivity index (χ3n) is 5.31. The number of aryl methyl sites for hydroxylation is 1. The third kappa shape index (κ3) is 6.36. The van der Waals surface area contributed by atoms with Gasteiger partial charge in [0.15, 0.2) is 5.16 Å². The minimum Gasteiger partial charge on any atom is -0.493 e. The fourth-order valence-corrected chi connectivity index (χ4v) is 4.31. The van der Waals surface area contributed by atoms with Crippen LogP contribution in [0.5, 0.6) is 5.75 Å². The number of para-hydroxylation sites is 3. The molecule has 1 amide bonds. The Labute approximate surface area is 203 Å². The summed E-state index contributed by atoms with van der Waals surface area (Å²) in [5, 5.41) is 3.73. The van der Waals surface area contributed by atoms with Crippen LogP contribution < -0.4 is 10.1 Å². The Kier molecular flexibility index (Phi) is 8.17. The van der Waals surface area contributed by atoms with Crippen molar-refractivity contribution < 1.29 is 14.3 Å². The summed E-state index contributed by atoms with van der Waals surface area (Å²) in [7, 11) is 0. The van der Waals surface area contributed by atoms with Crippen molar-refractivity contribution in [3.05, 3.63) is 77.6 Å². The Morgan fingerprint density at radius 2 is 1.88 bits per heavy atom. The minimum atomic E-state index is -0.160. The van der Waals surface area contributed by atoms with E-state index < -0.39 is 0 Å². The molecule has 0 bridgehead atoms. The Morgan fingerprint density at radius 3 is 2.74 bits per heavy atom. The number of nitrogens with one attached hydrogen (secondary N) is 2. The second-order valence-electron chi connectivity index (χ2n) is 7.85. The predicted octanol–water partition coefficient (Wildman–Crippen LogP) is 5.29. The lowest BCUT2D eigenvalue weighted by molar-refractivity contribution is -0.120. The normalized spacial score (nSPS) is 11.0. The molecule has 0 aliphatic heterocycles. The number of hydrogen-bond donors (Lipinski definition) is 2. The molecule has 8 heteroatoms. The summed E-state index contributed by atoms with van der Waals surface area (Å²) in [4.78, 5) is 24.5. The number of anilines is 1. The van der Waals surface area contributed by atoms with Crippen LogP contribution in [-0.2, 0) is 15.3 Å². The minimum absolute atomic E-state index is 0.0196. The number of ether oxygens (including phenoxy) is 2. The molecule has 0 fully saturated rings. The number of nitrogens with zero attached hydrogens (tertiary/aromatic N) is 2. The van der Waals surface area contributed by atoms with Gasteiger partial charge in [0.25, 0.3) is 0 Å². The fraction of sp³-hybridized carbons (Fsp3) is 0.269. The summed E-state index contributed by atoms with van der Waals surface area (Å²) in [5.41, 5.74) is 5.80. The SMILES string of the molecule is Cc1ccccc1NC(=O)COCCCOc1ccnc(CSc2nc3ccccc3[nH]2)c1C. The van der Waals surface area contributed by atoms with Gasteiger partial charge in [0.2, 0.25) is 5.91 Å². The quantitative estimate of drug-likeness (QED) is 0.226. The molecule has 4 aromatic rings. The van der Waals surface area contributed by atoms with Gasteiger partial charge < -0.3 is 19.8 Å². The number of carbonyl (C=O) groups is 1. The Morgan fingerprint density at radius 1 is 1.06 bits per heavy atom. The number of thioether (sulfide) groups is 1. The van der Waals surface area contributed by atoms with Gasteiger partial charge in [-0.3, -0.25) is 9.78 Å². The van der Waals surface area contributed by atoms with Crippen LogP contribution in [-0.4, -0.2) is 40.7 Å². The summed E-state index contributed by atoms with van der Waals surface area (Å²) in [6.07, 6.45) is 2.45. The number of carbonyl (C=O) groups excluding carboxylic acids is 1. The highest BCUT2D eigenvalue weighted by atomic mass is 32.2. The highest BCUT2D eigenvalue weighted by Gasteiger charge is 2.10. The molecule has 0 radical (unpaired) electrons. The van der Waals surface area contributed by atoms with Crippen LogP contribution in [0.1, 0.15) is 23.2 Å². The zero-order valence-electron chi connectivity index (χ0n) is 19.3. The average Bonchev–Trinajstić information content (AvgIpc) is 3.26. The summed E-state index contributed by atoms with van der Waals surface area (Å²) in [6.45, 7) is 4.94. The van der Waals surface area contributed by atoms with Crippen molar-refractivity contribution in [1.29, 1.82) is 0 Å². The van der Waals surface area contributed by atoms with E-state index in [0.29, 0.717) is 25.4 Å². The largest absolute Gasteiger partial charge is 0.493 e. The highest BCUT2D eigenvalue weighted by molar-refractivity contribution is 7.98. The molecule has 0 saturated carbocycles. The predicted molar refractivity (Wildman–Crippen MR) is 135 cm³/mol. The molecule has 176 valence electrons. The lowest BCUT2D eigenvalue weighted by Crippen LogP contribution is -2.19. The van der Waals surface area contributed by atoms with E-state index in [9.17, 15) is 4.79 Å². The summed E-state index contributed by atoms with van der Waals surface area (Å²) < 4.78 is 11.4. The maximum Gasteiger partial charge on any atom is 0.250 e. The van der Waals surface area contributed by atoms with E-state index >= 15 is 0 Å². The van der Waals surface area contributed by atoms with Crippen molar-refractivity contribution in [2.45, 2.75) is 31.2 Å². The van der Waals surface area contributed by atoms with Crippen molar-refractivity contribution in [1.82, 2.24) is 15.0 Å². The van der Waals surface area contributed by atoms with Crippen LogP contribution in [0, 0.1) is 13.8 Å². The van der Waals surface area contributed by atoms with Gasteiger partial charge in [0.05, 0.1) is 29.9 Å². The van der Waals surface area contributed by atoms with Gasteiger partial charge >= 0.3 is 0 Å². The fourth-order valence-electron chi connectivity index (χ4n) is 3.40. The van der Waals surface area contributed by atoms with Gasteiger partial charge in [-0.05, 0) is 43.7 Å². The number of aromatic amines is 1. The zero-order valence-corrected chi connectivity index (χ0v) is 20.2. The summed E-state index contributed by atoms with van der Waals surface area (Å²) in [5.74, 6) is 1.35. The van der Waals surface area contributed by atoms with E-state index in [4.69, 9.17) is 9.47 Å². The van der Waals surface area contributed by atoms with E-state index in [2.05, 4.69) is 20.3 Å². The molecule has 7 nitrogen and oxygen atoms in total. The molecule has 2 aromatic heterocycles. The first-order valence-corrected chi connectivity index (χ1v) is 12.2. The van der Waals surface area contributed by atoms with Crippen LogP contribution in [0.2, 0.25) is 0 Å². The van der Waals surface area contributed by atoms with Crippen molar-refractivity contribution >= 4 is 34.4 Å². The monoisotopic (exact) mass is 476 g/mol. The lowest BCUT2D eigenvalue weighted by atomic mass is 10.2. The molecule has 2 aromatic carbocycles. The molecular weight excluding hydrogens is 448 g/mol. The molecule has 34 heavy (non-hydrogen) atoms. The van der Waals surface area contributed by atoms with Gasteiger partial charge in [-0.2, -0.15) is 0 Å². The summed E-state index contributed by atoms with van der Waals surface area (Å²) in [6, 6.07) is 17.5. The van der Waals surface area contributed by atoms with E-state index in [-0.39, 0.29) is 12.5 Å². The van der Waals surface area contributed by atoms with Gasteiger partial charge in [0, 0.05) is 29.6 Å². The third-order valence-corrected chi connectivity index (χ3v) is 6.20. The second-order valence-corrected chi connectivity index (χ2v) is 8.81. The molecule has 0 atom stereocenters. The number of rotatable bonds is 11. The first kappa shape index (κ1) is 23.8. The number of pyridine rings is 1. The second kappa shape index (κ2) is 11.7. The average molecular weight is 477 g/mol. The number of imidazole rings is 1. The topological polar surface area (TPSA) is 89.1 Å². The maximum absolute atomic E-state index is 12.0. The van der Waals surface area contributed by atoms with Crippen LogP contribution in [0.4, 0.5) is 5.69 Å². The lowest BCUT2D eigenvalue weighted by Gasteiger charge is -2.12. The molecule has 0 aliphatic carbocycles. The molecule has 0 aliphatic rings. The molecule has 2 N–H and O–H groups in total. The van der Waals surface area contributed by atoms with Crippen LogP contribution >= 0.6 is 11.8 Å². The molecular formula is C26H28N4O3S. The number of hydrogen-bond acceptors (Lipinski definition) is 6. The Hall–Kier alpha value is -3.36. The van der Waals surface area contributed by atoms with Crippen molar-refractivity contribution in [2.24, 2.45) is 0 Å². The Balaban J connectivity index is 1.18. The molecule has 0 spiro atoms. The van der Waals surface area contributed by atoms with E-state index in [1.54, 1.807) is 18.0 Å². The van der Waals surface area contributed by atoms with Crippen LogP contribution in [0.3, 0.4) is 0 Å². The molecule has 4 rings (SSSR count). The van der Waals surface area contributed by atoms with Gasteiger partial charge in [0.1, 0.15) is 12.4 Å². The first-order chi connectivity index (χ1) is 16.6. The smallest absolute Gasteiger partial charge is 0.250 e. The first-order valence-electron chi connectivity index (χ1n) is 11.2. The number of benzene rings is 2. The molecule has 2 heterocycles. The van der Waals surface area contributed by atoms with E-state index in [0.717, 1.165) is 44.4 Å². The Bertz CT molecular complexity index is 1220. The number of aromatic nitrogens is 3. The number of amides is 1. The van der Waals surface area contributed by atoms with Crippen molar-refractivity contribution in [2.75, 3.05) is 25.1 Å². The van der Waals surface area contributed by atoms with E-state index in [1.165, 1.54) is 0 Å². The maximum atomic E-state index is 12.0. The van der Waals surface area contributed by atoms with E-state index in [1.807, 2.05) is 68.4 Å². The van der Waals surface area contributed by atoms with Gasteiger partial charge in [-0.1, -0.05) is 42.1 Å². The van der Waals surface area contributed by atoms with Crippen molar-refractivity contribution in [3.63, 3.8) is 0 Å². The van der Waals surface area contributed by atoms with Crippen LogP contribution in [0.15, 0.2) is 66.0 Å². The number of fused-ring (bicyclic) bond motifs is 1. The number of H-pyrrole nitrogens is 1. The highest BCUT2D eigenvalue weighted by Crippen LogP contribution is 2.27. The molecule has 0 saturated heterocycles. The summed E-state index contributed by atoms with van der Waals surface area (Å²) >= 11 is 1.62. The van der Waals surface area contributed by atoms with Crippen molar-refractivity contribution in [3.8, 4) is 5.75 Å². The van der Waals surface area contributed by atoms with Gasteiger partial charge in [-0.25, -0.2) is 4.98 Å². The zero-order chi connectivity index (χ0) is 23.8.